The Morgan fingerprint density at radius 2 is 1.78 bits per heavy atom. The molecule has 0 aliphatic heterocycles. The minimum absolute atomic E-state index is 0.0859. The summed E-state index contributed by atoms with van der Waals surface area (Å²) in [7, 11) is -3.13. The summed E-state index contributed by atoms with van der Waals surface area (Å²) in [6.07, 6.45) is 3.42. The molecule has 1 heterocycles. The molecule has 0 N–H and O–H groups in total. The van der Waals surface area contributed by atoms with Crippen molar-refractivity contribution < 1.29 is 22.7 Å². The summed E-state index contributed by atoms with van der Waals surface area (Å²) in [5, 5.41) is 0. The molecule has 0 saturated heterocycles. The SMILES string of the molecule is Cc1cc(C(=O)COC(=O)c2ccc(CS(C)(=O)=O)cc2)c(C)n1C1CC1. The molecular formula is C20H23NO5S. The van der Waals surface area contributed by atoms with Crippen molar-refractivity contribution in [2.45, 2.75) is 38.5 Å². The Hall–Kier alpha value is -2.41. The summed E-state index contributed by atoms with van der Waals surface area (Å²) < 4.78 is 29.9. The number of benzene rings is 1. The van der Waals surface area contributed by atoms with Gasteiger partial charge in [-0.1, -0.05) is 12.1 Å². The van der Waals surface area contributed by atoms with Crippen LogP contribution in [0.15, 0.2) is 30.3 Å². The van der Waals surface area contributed by atoms with E-state index in [2.05, 4.69) is 4.57 Å². The van der Waals surface area contributed by atoms with Gasteiger partial charge >= 0.3 is 5.97 Å². The first-order valence-electron chi connectivity index (χ1n) is 8.81. The number of Topliss-reactive ketones (excluding diaryl/α,β-unsaturated/α-hetero) is 1. The van der Waals surface area contributed by atoms with Gasteiger partial charge in [0.15, 0.2) is 16.4 Å². The van der Waals surface area contributed by atoms with E-state index in [1.807, 2.05) is 19.9 Å². The van der Waals surface area contributed by atoms with Crippen molar-refractivity contribution in [3.8, 4) is 0 Å². The number of carbonyl (C=O) groups is 2. The second-order valence-corrected chi connectivity index (χ2v) is 9.29. The van der Waals surface area contributed by atoms with Gasteiger partial charge in [0.05, 0.1) is 11.3 Å². The lowest BCUT2D eigenvalue weighted by molar-refractivity contribution is 0.0474. The van der Waals surface area contributed by atoms with Gasteiger partial charge in [0, 0.05) is 29.2 Å². The molecule has 0 unspecified atom stereocenters. The van der Waals surface area contributed by atoms with Gasteiger partial charge < -0.3 is 9.30 Å². The van der Waals surface area contributed by atoms with Crippen molar-refractivity contribution >= 4 is 21.6 Å². The summed E-state index contributed by atoms with van der Waals surface area (Å²) in [4.78, 5) is 24.6. The number of hydrogen-bond donors (Lipinski definition) is 0. The highest BCUT2D eigenvalue weighted by molar-refractivity contribution is 7.89. The third-order valence-corrected chi connectivity index (χ3v) is 5.51. The number of hydrogen-bond acceptors (Lipinski definition) is 5. The Morgan fingerprint density at radius 1 is 1.15 bits per heavy atom. The maximum atomic E-state index is 12.5. The fraction of sp³-hybridized carbons (Fsp3) is 0.400. The molecule has 1 fully saturated rings. The molecule has 1 aliphatic rings. The van der Waals surface area contributed by atoms with E-state index in [0.29, 0.717) is 17.2 Å². The number of ketones is 1. The largest absolute Gasteiger partial charge is 0.454 e. The molecule has 2 aromatic rings. The van der Waals surface area contributed by atoms with Gasteiger partial charge in [-0.2, -0.15) is 0 Å². The van der Waals surface area contributed by atoms with Crippen LogP contribution in [0, 0.1) is 13.8 Å². The zero-order valence-corrected chi connectivity index (χ0v) is 16.5. The van der Waals surface area contributed by atoms with Crippen LogP contribution in [0.1, 0.15) is 56.6 Å². The van der Waals surface area contributed by atoms with Gasteiger partial charge in [-0.05, 0) is 50.5 Å². The van der Waals surface area contributed by atoms with E-state index >= 15 is 0 Å². The van der Waals surface area contributed by atoms with Crippen LogP contribution in [0.3, 0.4) is 0 Å². The van der Waals surface area contributed by atoms with E-state index in [-0.39, 0.29) is 23.7 Å². The van der Waals surface area contributed by atoms with Crippen molar-refractivity contribution in [3.05, 3.63) is 58.4 Å². The highest BCUT2D eigenvalue weighted by Gasteiger charge is 2.28. The molecule has 0 radical (unpaired) electrons. The first-order chi connectivity index (χ1) is 12.7. The maximum absolute atomic E-state index is 12.5. The van der Waals surface area contributed by atoms with Crippen molar-refractivity contribution in [2.75, 3.05) is 12.9 Å². The monoisotopic (exact) mass is 389 g/mol. The molecule has 0 spiro atoms. The van der Waals surface area contributed by atoms with E-state index in [1.54, 1.807) is 12.1 Å². The van der Waals surface area contributed by atoms with Gasteiger partial charge in [-0.3, -0.25) is 4.79 Å². The average molecular weight is 389 g/mol. The van der Waals surface area contributed by atoms with E-state index in [0.717, 1.165) is 30.5 Å². The lowest BCUT2D eigenvalue weighted by Gasteiger charge is -2.08. The Morgan fingerprint density at radius 3 is 2.33 bits per heavy atom. The predicted molar refractivity (Wildman–Crippen MR) is 102 cm³/mol. The summed E-state index contributed by atoms with van der Waals surface area (Å²) in [6.45, 7) is 3.58. The number of aryl methyl sites for hydroxylation is 1. The third kappa shape index (κ3) is 4.66. The van der Waals surface area contributed by atoms with Gasteiger partial charge in [-0.25, -0.2) is 13.2 Å². The minimum Gasteiger partial charge on any atom is -0.454 e. The second-order valence-electron chi connectivity index (χ2n) is 7.15. The number of aromatic nitrogens is 1. The molecule has 27 heavy (non-hydrogen) atoms. The fourth-order valence-corrected chi connectivity index (χ4v) is 4.08. The number of sulfone groups is 1. The number of nitrogens with zero attached hydrogens (tertiary/aromatic N) is 1. The molecule has 1 aliphatic carbocycles. The van der Waals surface area contributed by atoms with E-state index in [4.69, 9.17) is 4.74 Å². The molecule has 1 saturated carbocycles. The quantitative estimate of drug-likeness (QED) is 0.537. The van der Waals surface area contributed by atoms with Crippen LogP contribution in [0.4, 0.5) is 0 Å². The van der Waals surface area contributed by atoms with Crippen LogP contribution in [0.2, 0.25) is 0 Å². The number of carbonyl (C=O) groups excluding carboxylic acids is 2. The van der Waals surface area contributed by atoms with Crippen molar-refractivity contribution in [3.63, 3.8) is 0 Å². The van der Waals surface area contributed by atoms with Gasteiger partial charge in [0.25, 0.3) is 0 Å². The fourth-order valence-electron chi connectivity index (χ4n) is 3.29. The molecule has 7 heteroatoms. The number of esters is 1. The highest BCUT2D eigenvalue weighted by atomic mass is 32.2. The Balaban J connectivity index is 1.62. The maximum Gasteiger partial charge on any atom is 0.338 e. The lowest BCUT2D eigenvalue weighted by atomic mass is 10.1. The Bertz CT molecular complexity index is 982. The zero-order chi connectivity index (χ0) is 19.8. The summed E-state index contributed by atoms with van der Waals surface area (Å²) >= 11 is 0. The normalized spacial score (nSPS) is 14.2. The van der Waals surface area contributed by atoms with Crippen LogP contribution in [0.25, 0.3) is 0 Å². The molecule has 3 rings (SSSR count). The van der Waals surface area contributed by atoms with Crippen LogP contribution >= 0.6 is 0 Å². The van der Waals surface area contributed by atoms with Gasteiger partial charge in [-0.15, -0.1) is 0 Å². The molecule has 0 atom stereocenters. The summed E-state index contributed by atoms with van der Waals surface area (Å²) in [5.74, 6) is -0.917. The van der Waals surface area contributed by atoms with E-state index < -0.39 is 15.8 Å². The van der Waals surface area contributed by atoms with E-state index in [9.17, 15) is 18.0 Å². The minimum atomic E-state index is -3.13. The lowest BCUT2D eigenvalue weighted by Crippen LogP contribution is -2.15. The van der Waals surface area contributed by atoms with Gasteiger partial charge in [0.1, 0.15) is 0 Å². The average Bonchev–Trinajstić information content (AvgIpc) is 3.37. The standard InChI is InChI=1S/C20H23NO5S/c1-13-10-18(14(2)21(13)17-8-9-17)19(22)11-26-20(23)16-6-4-15(5-7-16)12-27(3,24)25/h4-7,10,17H,8-9,11-12H2,1-3H3. The van der Waals surface area contributed by atoms with Crippen LogP contribution < -0.4 is 0 Å². The molecule has 1 aromatic heterocycles. The molecule has 0 amide bonds. The smallest absolute Gasteiger partial charge is 0.338 e. The van der Waals surface area contributed by atoms with Crippen LogP contribution in [-0.4, -0.2) is 37.6 Å². The highest BCUT2D eigenvalue weighted by Crippen LogP contribution is 2.38. The Labute approximate surface area is 159 Å². The van der Waals surface area contributed by atoms with Crippen molar-refractivity contribution in [1.29, 1.82) is 0 Å². The molecule has 6 nitrogen and oxygen atoms in total. The Kier molecular flexibility index (Phi) is 5.24. The topological polar surface area (TPSA) is 82.4 Å². The molecule has 144 valence electrons. The number of ether oxygens (including phenoxy) is 1. The van der Waals surface area contributed by atoms with Crippen molar-refractivity contribution in [1.82, 2.24) is 4.57 Å². The molecule has 0 bridgehead atoms. The van der Waals surface area contributed by atoms with Crippen molar-refractivity contribution in [2.24, 2.45) is 0 Å². The van der Waals surface area contributed by atoms with Crippen LogP contribution in [-0.2, 0) is 20.3 Å². The first kappa shape index (κ1) is 19.4. The van der Waals surface area contributed by atoms with Crippen LogP contribution in [0.5, 0.6) is 0 Å². The van der Waals surface area contributed by atoms with E-state index in [1.165, 1.54) is 12.1 Å². The second kappa shape index (κ2) is 7.31. The van der Waals surface area contributed by atoms with Gasteiger partial charge in [0.2, 0.25) is 5.78 Å². The summed E-state index contributed by atoms with van der Waals surface area (Å²) in [6, 6.07) is 8.49. The molecular weight excluding hydrogens is 366 g/mol. The predicted octanol–water partition coefficient (Wildman–Crippen LogP) is 3.02. The summed E-state index contributed by atoms with van der Waals surface area (Å²) in [5.41, 5.74) is 3.43. The number of rotatable bonds is 7. The first-order valence-corrected chi connectivity index (χ1v) is 10.9. The zero-order valence-electron chi connectivity index (χ0n) is 15.7. The molecule has 1 aromatic carbocycles. The third-order valence-electron chi connectivity index (χ3n) is 4.65.